The minimum absolute atomic E-state index is 0.178. The molecule has 0 aromatic heterocycles. The molecule has 0 bridgehead atoms. The second-order valence-corrected chi connectivity index (χ2v) is 6.81. The Morgan fingerprint density at radius 2 is 1.70 bits per heavy atom. The predicted octanol–water partition coefficient (Wildman–Crippen LogP) is 4.26. The molecule has 3 nitrogen and oxygen atoms in total. The number of benzene rings is 1. The number of rotatable bonds is 3. The van der Waals surface area contributed by atoms with Crippen LogP contribution in [0.1, 0.15) is 39.5 Å². The first kappa shape index (κ1) is 15.2. The molecule has 1 aliphatic carbocycles. The Balaban J connectivity index is 2.20. The van der Waals surface area contributed by atoms with Gasteiger partial charge < -0.3 is 10.1 Å². The molecule has 0 spiro atoms. The highest BCUT2D eigenvalue weighted by Gasteiger charge is 2.44. The average Bonchev–Trinajstić information content (AvgIpc) is 2.43. The highest BCUT2D eigenvalue weighted by Crippen LogP contribution is 2.42. The molecule has 0 amide bonds. The molecule has 0 aliphatic heterocycles. The molecule has 20 heavy (non-hydrogen) atoms. The second kappa shape index (κ2) is 5.65. The maximum absolute atomic E-state index is 12.3. The van der Waals surface area contributed by atoms with E-state index in [1.165, 1.54) is 7.11 Å². The first-order valence-corrected chi connectivity index (χ1v) is 7.37. The number of ether oxygens (including phenoxy) is 1. The van der Waals surface area contributed by atoms with Crippen LogP contribution >= 0.6 is 11.6 Å². The molecule has 110 valence electrons. The summed E-state index contributed by atoms with van der Waals surface area (Å²) in [7, 11) is 1.45. The Morgan fingerprint density at radius 1 is 1.15 bits per heavy atom. The fraction of sp³-hybridized carbons (Fsp3) is 0.562. The molecule has 2 rings (SSSR count). The number of anilines is 1. The van der Waals surface area contributed by atoms with Gasteiger partial charge in [-0.25, -0.2) is 4.79 Å². The highest BCUT2D eigenvalue weighted by molar-refractivity contribution is 6.30. The number of carbonyl (C=O) groups is 1. The molecule has 0 heterocycles. The lowest BCUT2D eigenvalue weighted by atomic mass is 9.69. The van der Waals surface area contributed by atoms with Crippen molar-refractivity contribution >= 4 is 23.3 Å². The summed E-state index contributed by atoms with van der Waals surface area (Å²) >= 11 is 5.90. The van der Waals surface area contributed by atoms with Crippen molar-refractivity contribution < 1.29 is 9.53 Å². The van der Waals surface area contributed by atoms with Crippen LogP contribution in [-0.2, 0) is 9.53 Å². The summed E-state index contributed by atoms with van der Waals surface area (Å²) in [4.78, 5) is 12.3. The number of esters is 1. The predicted molar refractivity (Wildman–Crippen MR) is 82.1 cm³/mol. The summed E-state index contributed by atoms with van der Waals surface area (Å²) in [6.45, 7) is 4.49. The van der Waals surface area contributed by atoms with Crippen LogP contribution in [0.2, 0.25) is 5.02 Å². The van der Waals surface area contributed by atoms with E-state index in [4.69, 9.17) is 16.3 Å². The third kappa shape index (κ3) is 3.26. The Bertz CT molecular complexity index is 472. The molecular formula is C16H22ClNO2. The van der Waals surface area contributed by atoms with Crippen molar-refractivity contribution in [3.63, 3.8) is 0 Å². The monoisotopic (exact) mass is 295 g/mol. The minimum atomic E-state index is -0.613. The van der Waals surface area contributed by atoms with E-state index in [2.05, 4.69) is 19.2 Å². The zero-order valence-corrected chi connectivity index (χ0v) is 13.1. The van der Waals surface area contributed by atoms with Gasteiger partial charge in [-0.2, -0.15) is 0 Å². The number of methoxy groups -OCH3 is 1. The van der Waals surface area contributed by atoms with Gasteiger partial charge in [0, 0.05) is 10.7 Å². The first-order chi connectivity index (χ1) is 9.37. The molecular weight excluding hydrogens is 274 g/mol. The third-order valence-corrected chi connectivity index (χ3v) is 4.51. The Hall–Kier alpha value is -1.22. The average molecular weight is 296 g/mol. The van der Waals surface area contributed by atoms with Crippen molar-refractivity contribution in [3.8, 4) is 0 Å². The molecule has 1 aromatic rings. The lowest BCUT2D eigenvalue weighted by Gasteiger charge is -2.42. The van der Waals surface area contributed by atoms with Gasteiger partial charge in [0.1, 0.15) is 5.54 Å². The van der Waals surface area contributed by atoms with Crippen LogP contribution in [0.15, 0.2) is 24.3 Å². The quantitative estimate of drug-likeness (QED) is 0.847. The molecule has 1 fully saturated rings. The van der Waals surface area contributed by atoms with Crippen LogP contribution in [0.5, 0.6) is 0 Å². The van der Waals surface area contributed by atoms with Gasteiger partial charge in [0.15, 0.2) is 0 Å². The molecule has 4 heteroatoms. The Kier molecular flexibility index (Phi) is 4.28. The fourth-order valence-electron chi connectivity index (χ4n) is 2.74. The van der Waals surface area contributed by atoms with Gasteiger partial charge in [-0.05, 0) is 55.4 Å². The highest BCUT2D eigenvalue weighted by atomic mass is 35.5. The van der Waals surface area contributed by atoms with Gasteiger partial charge in [-0.3, -0.25) is 0 Å². The van der Waals surface area contributed by atoms with E-state index >= 15 is 0 Å². The fourth-order valence-corrected chi connectivity index (χ4v) is 2.86. The van der Waals surface area contributed by atoms with Crippen molar-refractivity contribution in [2.24, 2.45) is 5.41 Å². The van der Waals surface area contributed by atoms with Crippen molar-refractivity contribution in [1.29, 1.82) is 0 Å². The lowest BCUT2D eigenvalue weighted by Crippen LogP contribution is -2.51. The third-order valence-electron chi connectivity index (χ3n) is 4.26. The zero-order chi connectivity index (χ0) is 14.8. The number of halogens is 1. The molecule has 0 unspecified atom stereocenters. The van der Waals surface area contributed by atoms with Gasteiger partial charge in [0.25, 0.3) is 0 Å². The molecule has 0 atom stereocenters. The van der Waals surface area contributed by atoms with Crippen LogP contribution in [0.25, 0.3) is 0 Å². The summed E-state index contributed by atoms with van der Waals surface area (Å²) in [5.74, 6) is -0.178. The Labute approximate surface area is 125 Å². The van der Waals surface area contributed by atoms with Gasteiger partial charge >= 0.3 is 5.97 Å². The van der Waals surface area contributed by atoms with E-state index in [1.54, 1.807) is 0 Å². The number of hydrogen-bond donors (Lipinski definition) is 1. The molecule has 1 aromatic carbocycles. The van der Waals surface area contributed by atoms with Gasteiger partial charge in [-0.15, -0.1) is 0 Å². The maximum Gasteiger partial charge on any atom is 0.331 e. The number of carbonyl (C=O) groups excluding carboxylic acids is 1. The first-order valence-electron chi connectivity index (χ1n) is 6.99. The van der Waals surface area contributed by atoms with Gasteiger partial charge in [0.05, 0.1) is 7.11 Å². The van der Waals surface area contributed by atoms with E-state index in [1.807, 2.05) is 24.3 Å². The van der Waals surface area contributed by atoms with Crippen molar-refractivity contribution in [3.05, 3.63) is 29.3 Å². The maximum atomic E-state index is 12.3. The lowest BCUT2D eigenvalue weighted by molar-refractivity contribution is -0.148. The smallest absolute Gasteiger partial charge is 0.331 e. The summed E-state index contributed by atoms with van der Waals surface area (Å²) in [6.07, 6.45) is 3.58. The van der Waals surface area contributed by atoms with Crippen LogP contribution in [0.4, 0.5) is 5.69 Å². The van der Waals surface area contributed by atoms with E-state index in [0.29, 0.717) is 10.4 Å². The van der Waals surface area contributed by atoms with Crippen molar-refractivity contribution in [2.75, 3.05) is 12.4 Å². The number of nitrogens with one attached hydrogen (secondary N) is 1. The molecule has 1 aliphatic rings. The summed E-state index contributed by atoms with van der Waals surface area (Å²) in [5, 5.41) is 4.06. The minimum Gasteiger partial charge on any atom is -0.467 e. The van der Waals surface area contributed by atoms with Crippen LogP contribution < -0.4 is 5.32 Å². The van der Waals surface area contributed by atoms with Gasteiger partial charge in [-0.1, -0.05) is 25.4 Å². The number of hydrogen-bond acceptors (Lipinski definition) is 3. The largest absolute Gasteiger partial charge is 0.467 e. The van der Waals surface area contributed by atoms with E-state index in [-0.39, 0.29) is 5.97 Å². The standard InChI is InChI=1S/C16H22ClNO2/c1-15(2)8-10-16(11-9-15,14(19)20-3)18-13-6-4-12(17)5-7-13/h4-7,18H,8-11H2,1-3H3. The van der Waals surface area contributed by atoms with Crippen LogP contribution in [-0.4, -0.2) is 18.6 Å². The van der Waals surface area contributed by atoms with Crippen molar-refractivity contribution in [1.82, 2.24) is 0 Å². The summed E-state index contributed by atoms with van der Waals surface area (Å²) < 4.78 is 5.03. The molecule has 1 N–H and O–H groups in total. The zero-order valence-electron chi connectivity index (χ0n) is 12.3. The molecule has 0 radical (unpaired) electrons. The van der Waals surface area contributed by atoms with Crippen LogP contribution in [0.3, 0.4) is 0 Å². The summed E-state index contributed by atoms with van der Waals surface area (Å²) in [6, 6.07) is 7.43. The SMILES string of the molecule is COC(=O)C1(Nc2ccc(Cl)cc2)CCC(C)(C)CC1. The second-order valence-electron chi connectivity index (χ2n) is 6.37. The summed E-state index contributed by atoms with van der Waals surface area (Å²) in [5.41, 5.74) is 0.580. The molecule has 0 saturated heterocycles. The normalized spacial score (nSPS) is 20.2. The topological polar surface area (TPSA) is 38.3 Å². The molecule has 1 saturated carbocycles. The van der Waals surface area contributed by atoms with E-state index < -0.39 is 5.54 Å². The Morgan fingerprint density at radius 3 is 2.20 bits per heavy atom. The van der Waals surface area contributed by atoms with Crippen molar-refractivity contribution in [2.45, 2.75) is 45.1 Å². The van der Waals surface area contributed by atoms with Crippen LogP contribution in [0, 0.1) is 5.41 Å². The van der Waals surface area contributed by atoms with E-state index in [9.17, 15) is 4.79 Å². The van der Waals surface area contributed by atoms with E-state index in [0.717, 1.165) is 31.4 Å². The van der Waals surface area contributed by atoms with Gasteiger partial charge in [0.2, 0.25) is 0 Å².